The predicted octanol–water partition coefficient (Wildman–Crippen LogP) is 0.760. The number of carboxylic acids is 1. The fourth-order valence-corrected chi connectivity index (χ4v) is 4.73. The van der Waals surface area contributed by atoms with E-state index in [1.54, 1.807) is 0 Å². The molecule has 7 heteroatoms. The predicted molar refractivity (Wildman–Crippen MR) is 70.8 cm³/mol. The average molecular weight is 290 g/mol. The highest BCUT2D eigenvalue weighted by Gasteiger charge is 2.37. The largest absolute Gasteiger partial charge is 0.481 e. The van der Waals surface area contributed by atoms with Crippen molar-refractivity contribution >= 4 is 16.2 Å². The van der Waals surface area contributed by atoms with Crippen LogP contribution in [0.15, 0.2) is 0 Å². The van der Waals surface area contributed by atoms with Crippen molar-refractivity contribution in [3.05, 3.63) is 0 Å². The molecule has 2 atom stereocenters. The molecule has 2 saturated heterocycles. The molecule has 1 N–H and O–H groups in total. The third kappa shape index (κ3) is 3.27. The molecule has 1 unspecified atom stereocenters. The maximum absolute atomic E-state index is 12.5. The van der Waals surface area contributed by atoms with Crippen molar-refractivity contribution in [2.24, 2.45) is 11.8 Å². The van der Waals surface area contributed by atoms with Gasteiger partial charge in [0, 0.05) is 26.2 Å². The minimum Gasteiger partial charge on any atom is -0.481 e. The quantitative estimate of drug-likeness (QED) is 0.832. The number of carbonyl (C=O) groups is 1. The maximum atomic E-state index is 12.5. The molecule has 0 saturated carbocycles. The Morgan fingerprint density at radius 1 is 1.11 bits per heavy atom. The van der Waals surface area contributed by atoms with Crippen molar-refractivity contribution in [2.75, 3.05) is 26.2 Å². The summed E-state index contributed by atoms with van der Waals surface area (Å²) in [6.45, 7) is 3.72. The molecule has 0 radical (unpaired) electrons. The van der Waals surface area contributed by atoms with Crippen LogP contribution in [0.5, 0.6) is 0 Å². The molecule has 110 valence electrons. The first-order chi connectivity index (χ1) is 8.91. The van der Waals surface area contributed by atoms with Gasteiger partial charge in [0.2, 0.25) is 0 Å². The molecule has 2 heterocycles. The number of rotatable bonds is 3. The van der Waals surface area contributed by atoms with E-state index in [-0.39, 0.29) is 6.54 Å². The van der Waals surface area contributed by atoms with Gasteiger partial charge in [-0.05, 0) is 31.6 Å². The van der Waals surface area contributed by atoms with Crippen LogP contribution in [0.1, 0.15) is 32.6 Å². The van der Waals surface area contributed by atoms with Crippen molar-refractivity contribution in [2.45, 2.75) is 32.6 Å². The van der Waals surface area contributed by atoms with Crippen molar-refractivity contribution < 1.29 is 18.3 Å². The SMILES string of the molecule is CC1CCCN(S(=O)(=O)N2CCC[C@H](C(=O)O)C2)C1. The Morgan fingerprint density at radius 3 is 2.26 bits per heavy atom. The second-order valence-electron chi connectivity index (χ2n) is 5.65. The molecule has 0 bridgehead atoms. The van der Waals surface area contributed by atoms with Crippen LogP contribution in [-0.2, 0) is 15.0 Å². The first-order valence-corrected chi connectivity index (χ1v) is 8.29. The highest BCUT2D eigenvalue weighted by atomic mass is 32.2. The van der Waals surface area contributed by atoms with Gasteiger partial charge in [0.15, 0.2) is 0 Å². The van der Waals surface area contributed by atoms with Crippen LogP contribution in [0.25, 0.3) is 0 Å². The fourth-order valence-electron chi connectivity index (χ4n) is 2.87. The van der Waals surface area contributed by atoms with Crippen LogP contribution in [0, 0.1) is 11.8 Å². The number of piperidine rings is 2. The number of hydrogen-bond acceptors (Lipinski definition) is 3. The minimum absolute atomic E-state index is 0.114. The number of aliphatic carboxylic acids is 1. The van der Waals surface area contributed by atoms with Crippen molar-refractivity contribution in [3.8, 4) is 0 Å². The highest BCUT2D eigenvalue weighted by Crippen LogP contribution is 2.25. The molecule has 0 aliphatic carbocycles. The van der Waals surface area contributed by atoms with Crippen LogP contribution in [0.3, 0.4) is 0 Å². The summed E-state index contributed by atoms with van der Waals surface area (Å²) < 4.78 is 27.9. The molecule has 6 nitrogen and oxygen atoms in total. The van der Waals surface area contributed by atoms with E-state index in [4.69, 9.17) is 5.11 Å². The van der Waals surface area contributed by atoms with Crippen molar-refractivity contribution in [1.29, 1.82) is 0 Å². The summed E-state index contributed by atoms with van der Waals surface area (Å²) in [5.41, 5.74) is 0. The van der Waals surface area contributed by atoms with Crippen molar-refractivity contribution in [1.82, 2.24) is 8.61 Å². The Kier molecular flexibility index (Phi) is 4.47. The summed E-state index contributed by atoms with van der Waals surface area (Å²) >= 11 is 0. The van der Waals surface area contributed by atoms with E-state index >= 15 is 0 Å². The van der Waals surface area contributed by atoms with Gasteiger partial charge in [-0.15, -0.1) is 0 Å². The zero-order valence-corrected chi connectivity index (χ0v) is 12.1. The van der Waals surface area contributed by atoms with E-state index in [9.17, 15) is 13.2 Å². The van der Waals surface area contributed by atoms with Gasteiger partial charge >= 0.3 is 5.97 Å². The minimum atomic E-state index is -3.48. The van der Waals surface area contributed by atoms with Crippen LogP contribution >= 0.6 is 0 Å². The first-order valence-electron chi connectivity index (χ1n) is 6.89. The lowest BCUT2D eigenvalue weighted by molar-refractivity contribution is -0.142. The number of nitrogens with zero attached hydrogens (tertiary/aromatic N) is 2. The third-order valence-electron chi connectivity index (χ3n) is 4.01. The molecule has 0 aromatic carbocycles. The van der Waals surface area contributed by atoms with E-state index in [1.807, 2.05) is 0 Å². The molecular weight excluding hydrogens is 268 g/mol. The Labute approximate surface area is 114 Å². The summed E-state index contributed by atoms with van der Waals surface area (Å²) in [5.74, 6) is -1.08. The molecule has 2 rings (SSSR count). The van der Waals surface area contributed by atoms with Crippen LogP contribution in [0.2, 0.25) is 0 Å². The zero-order chi connectivity index (χ0) is 14.0. The van der Waals surface area contributed by atoms with E-state index in [2.05, 4.69) is 6.92 Å². The van der Waals surface area contributed by atoms with Gasteiger partial charge in [0.25, 0.3) is 10.2 Å². The van der Waals surface area contributed by atoms with E-state index in [0.29, 0.717) is 38.4 Å². The van der Waals surface area contributed by atoms with Gasteiger partial charge in [0.1, 0.15) is 0 Å². The highest BCUT2D eigenvalue weighted by molar-refractivity contribution is 7.86. The van der Waals surface area contributed by atoms with Gasteiger partial charge < -0.3 is 5.11 Å². The summed E-state index contributed by atoms with van der Waals surface area (Å²) in [4.78, 5) is 11.0. The van der Waals surface area contributed by atoms with Crippen molar-refractivity contribution in [3.63, 3.8) is 0 Å². The normalized spacial score (nSPS) is 31.2. The molecule has 19 heavy (non-hydrogen) atoms. The van der Waals surface area contributed by atoms with Gasteiger partial charge in [-0.25, -0.2) is 0 Å². The molecule has 0 spiro atoms. The molecule has 2 aliphatic rings. The maximum Gasteiger partial charge on any atom is 0.307 e. The smallest absolute Gasteiger partial charge is 0.307 e. The molecule has 0 aromatic rings. The summed E-state index contributed by atoms with van der Waals surface area (Å²) in [7, 11) is -3.48. The standard InChI is InChI=1S/C12H22N2O4S/c1-10-4-2-6-13(8-10)19(17,18)14-7-3-5-11(9-14)12(15)16/h10-11H,2-9H2,1H3,(H,15,16)/t10?,11-/m0/s1. The monoisotopic (exact) mass is 290 g/mol. The van der Waals surface area contributed by atoms with Crippen LogP contribution in [0.4, 0.5) is 0 Å². The van der Waals surface area contributed by atoms with E-state index in [0.717, 1.165) is 12.8 Å². The average Bonchev–Trinajstić information content (AvgIpc) is 2.39. The van der Waals surface area contributed by atoms with Gasteiger partial charge in [-0.3, -0.25) is 4.79 Å². The molecular formula is C12H22N2O4S. The lowest BCUT2D eigenvalue weighted by atomic mass is 10.0. The number of carboxylic acid groups (broad SMARTS) is 1. The molecule has 2 fully saturated rings. The third-order valence-corrected chi connectivity index (χ3v) is 5.97. The summed E-state index contributed by atoms with van der Waals surface area (Å²) in [5, 5.41) is 9.04. The second-order valence-corrected chi connectivity index (χ2v) is 7.58. The molecule has 2 aliphatic heterocycles. The molecule has 0 aromatic heterocycles. The van der Waals surface area contributed by atoms with Crippen LogP contribution < -0.4 is 0 Å². The Morgan fingerprint density at radius 2 is 1.68 bits per heavy atom. The summed E-state index contributed by atoms with van der Waals surface area (Å²) in [6.07, 6.45) is 3.14. The Bertz CT molecular complexity index is 437. The van der Waals surface area contributed by atoms with E-state index in [1.165, 1.54) is 8.61 Å². The van der Waals surface area contributed by atoms with E-state index < -0.39 is 22.1 Å². The van der Waals surface area contributed by atoms with Gasteiger partial charge in [0.05, 0.1) is 5.92 Å². The lowest BCUT2D eigenvalue weighted by Crippen LogP contribution is -2.51. The Balaban J connectivity index is 2.08. The fraction of sp³-hybridized carbons (Fsp3) is 0.917. The van der Waals surface area contributed by atoms with Crippen LogP contribution in [-0.4, -0.2) is 54.3 Å². The zero-order valence-electron chi connectivity index (χ0n) is 11.3. The second kappa shape index (κ2) is 5.76. The number of hydrogen-bond donors (Lipinski definition) is 1. The topological polar surface area (TPSA) is 77.9 Å². The summed E-state index contributed by atoms with van der Waals surface area (Å²) in [6, 6.07) is 0. The first kappa shape index (κ1) is 14.7. The van der Waals surface area contributed by atoms with Gasteiger partial charge in [-0.1, -0.05) is 6.92 Å². The lowest BCUT2D eigenvalue weighted by Gasteiger charge is -2.37. The molecule has 0 amide bonds. The Hall–Kier alpha value is -0.660. The van der Waals surface area contributed by atoms with Gasteiger partial charge in [-0.2, -0.15) is 17.0 Å².